The van der Waals surface area contributed by atoms with Crippen LogP contribution in [0.3, 0.4) is 0 Å². The zero-order valence-corrected chi connectivity index (χ0v) is 22.5. The number of nitrogens with one attached hydrogen (secondary N) is 1. The van der Waals surface area contributed by atoms with Gasteiger partial charge in [-0.3, -0.25) is 0 Å². The van der Waals surface area contributed by atoms with Crippen LogP contribution in [0.25, 0.3) is 5.70 Å². The first-order chi connectivity index (χ1) is 18.6. The highest BCUT2D eigenvalue weighted by Crippen LogP contribution is 2.35. The molecule has 10 heteroatoms. The minimum atomic E-state index is -0.229. The number of likely N-dealkylation sites (tertiary alicyclic amines) is 1. The van der Waals surface area contributed by atoms with Crippen LogP contribution in [0.2, 0.25) is 5.15 Å². The van der Waals surface area contributed by atoms with E-state index in [0.717, 1.165) is 49.6 Å². The molecule has 1 N–H and O–H groups in total. The fraction of sp³-hybridized carbons (Fsp3) is 0.393. The molecule has 1 aromatic carbocycles. The van der Waals surface area contributed by atoms with Gasteiger partial charge in [-0.25, -0.2) is 14.1 Å². The van der Waals surface area contributed by atoms with Gasteiger partial charge in [0.2, 0.25) is 5.95 Å². The van der Waals surface area contributed by atoms with Crippen LogP contribution in [0.1, 0.15) is 49.9 Å². The Bertz CT molecular complexity index is 1320. The van der Waals surface area contributed by atoms with Crippen molar-refractivity contribution >= 4 is 23.2 Å². The predicted molar refractivity (Wildman–Crippen MR) is 147 cm³/mol. The van der Waals surface area contributed by atoms with E-state index in [1.807, 2.05) is 42.0 Å². The normalized spacial score (nSPS) is 21.1. The van der Waals surface area contributed by atoms with E-state index >= 15 is 0 Å². The number of aromatic nitrogens is 5. The number of allylic oxidation sites excluding steroid dienone is 4. The molecule has 38 heavy (non-hydrogen) atoms. The molecule has 4 heterocycles. The van der Waals surface area contributed by atoms with Crippen LogP contribution in [0, 0.1) is 5.82 Å². The van der Waals surface area contributed by atoms with Gasteiger partial charge in [0.15, 0.2) is 0 Å². The smallest absolute Gasteiger partial charge is 0.246 e. The first kappa shape index (κ1) is 26.2. The van der Waals surface area contributed by atoms with E-state index in [4.69, 9.17) is 26.4 Å². The molecule has 2 aliphatic rings. The van der Waals surface area contributed by atoms with Crippen molar-refractivity contribution in [2.75, 3.05) is 25.5 Å². The number of imidazole rings is 1. The van der Waals surface area contributed by atoms with Crippen LogP contribution in [-0.2, 0) is 11.3 Å². The molecule has 200 valence electrons. The van der Waals surface area contributed by atoms with Gasteiger partial charge in [0.25, 0.3) is 0 Å². The number of rotatable bonds is 8. The van der Waals surface area contributed by atoms with Gasteiger partial charge < -0.3 is 19.5 Å². The molecule has 1 saturated heterocycles. The number of fused-ring (bicyclic) bond motifs is 1. The van der Waals surface area contributed by atoms with Gasteiger partial charge in [0.1, 0.15) is 28.9 Å². The predicted octanol–water partition coefficient (Wildman–Crippen LogP) is 5.67. The molecule has 0 bridgehead atoms. The van der Waals surface area contributed by atoms with E-state index in [9.17, 15) is 4.39 Å². The van der Waals surface area contributed by atoms with Crippen molar-refractivity contribution in [2.24, 2.45) is 0 Å². The highest BCUT2D eigenvalue weighted by molar-refractivity contribution is 6.29. The van der Waals surface area contributed by atoms with Gasteiger partial charge in [-0.1, -0.05) is 23.7 Å². The summed E-state index contributed by atoms with van der Waals surface area (Å²) in [5, 5.41) is 8.38. The molecule has 2 aromatic heterocycles. The molecule has 2 atom stereocenters. The molecule has 2 unspecified atom stereocenters. The molecular weight excluding hydrogens is 505 g/mol. The van der Waals surface area contributed by atoms with Crippen LogP contribution in [0.5, 0.6) is 0 Å². The maximum Gasteiger partial charge on any atom is 0.246 e. The van der Waals surface area contributed by atoms with Crippen LogP contribution in [0.15, 0.2) is 67.0 Å². The summed E-state index contributed by atoms with van der Waals surface area (Å²) in [5.74, 6) is 1.94. The van der Waals surface area contributed by atoms with E-state index < -0.39 is 0 Å². The summed E-state index contributed by atoms with van der Waals surface area (Å²) >= 11 is 6.02. The number of halogens is 2. The molecule has 3 aromatic rings. The SMILES string of the molecule is C\C=C(OC)/C(=C\C=C\Nc1nc2n(n1)CCC(N1CCCC1)CC2c1ccc(F)cc1)n1cnc(Cl)c1. The number of benzene rings is 1. The monoisotopic (exact) mass is 537 g/mol. The molecule has 0 spiro atoms. The maximum absolute atomic E-state index is 13.7. The highest BCUT2D eigenvalue weighted by atomic mass is 35.5. The van der Waals surface area contributed by atoms with E-state index in [1.54, 1.807) is 30.4 Å². The van der Waals surface area contributed by atoms with Crippen molar-refractivity contribution in [2.45, 2.75) is 51.1 Å². The Balaban J connectivity index is 1.37. The van der Waals surface area contributed by atoms with Gasteiger partial charge in [-0.05, 0) is 81.6 Å². The topological polar surface area (TPSA) is 73.0 Å². The number of methoxy groups -OCH3 is 1. The highest BCUT2D eigenvalue weighted by Gasteiger charge is 2.32. The second kappa shape index (κ2) is 12.0. The Morgan fingerprint density at radius 3 is 2.66 bits per heavy atom. The van der Waals surface area contributed by atoms with Crippen LogP contribution in [0.4, 0.5) is 10.3 Å². The Kier molecular flexibility index (Phi) is 8.24. The molecule has 0 radical (unpaired) electrons. The van der Waals surface area contributed by atoms with E-state index in [1.165, 1.54) is 25.0 Å². The Hall–Kier alpha value is -3.43. The summed E-state index contributed by atoms with van der Waals surface area (Å²) in [6.45, 7) is 5.00. The van der Waals surface area contributed by atoms with E-state index in [-0.39, 0.29) is 11.7 Å². The summed E-state index contributed by atoms with van der Waals surface area (Å²) in [6.07, 6.45) is 15.2. The molecule has 0 saturated carbocycles. The minimum absolute atomic E-state index is 0.0483. The van der Waals surface area contributed by atoms with Gasteiger partial charge in [0.05, 0.1) is 12.8 Å². The van der Waals surface area contributed by atoms with E-state index in [0.29, 0.717) is 22.9 Å². The lowest BCUT2D eigenvalue weighted by Crippen LogP contribution is -2.33. The fourth-order valence-electron chi connectivity index (χ4n) is 5.38. The minimum Gasteiger partial charge on any atom is -0.495 e. The fourth-order valence-corrected chi connectivity index (χ4v) is 5.53. The summed E-state index contributed by atoms with van der Waals surface area (Å²) in [7, 11) is 1.62. The quantitative estimate of drug-likeness (QED) is 0.295. The third-order valence-electron chi connectivity index (χ3n) is 7.25. The number of nitrogens with zero attached hydrogens (tertiary/aromatic N) is 6. The van der Waals surface area contributed by atoms with Crippen molar-refractivity contribution in [3.05, 3.63) is 89.3 Å². The van der Waals surface area contributed by atoms with Crippen molar-refractivity contribution in [3.63, 3.8) is 0 Å². The van der Waals surface area contributed by atoms with Crippen LogP contribution >= 0.6 is 11.6 Å². The molecule has 5 rings (SSSR count). The Morgan fingerprint density at radius 1 is 1.18 bits per heavy atom. The molecule has 1 fully saturated rings. The average Bonchev–Trinajstić information content (AvgIpc) is 3.67. The zero-order valence-electron chi connectivity index (χ0n) is 21.7. The lowest BCUT2D eigenvalue weighted by atomic mass is 9.90. The molecule has 2 aliphatic heterocycles. The number of hydrogen-bond acceptors (Lipinski definition) is 6. The molecule has 0 aliphatic carbocycles. The van der Waals surface area contributed by atoms with Gasteiger partial charge in [-0.2, -0.15) is 4.98 Å². The van der Waals surface area contributed by atoms with Crippen LogP contribution < -0.4 is 5.32 Å². The van der Waals surface area contributed by atoms with E-state index in [2.05, 4.69) is 15.2 Å². The Labute approximate surface area is 227 Å². The van der Waals surface area contributed by atoms with Gasteiger partial charge >= 0.3 is 0 Å². The summed E-state index contributed by atoms with van der Waals surface area (Å²) in [4.78, 5) is 11.6. The third-order valence-corrected chi connectivity index (χ3v) is 7.45. The largest absolute Gasteiger partial charge is 0.495 e. The van der Waals surface area contributed by atoms with Crippen molar-refractivity contribution in [3.8, 4) is 0 Å². The first-order valence-corrected chi connectivity index (χ1v) is 13.4. The van der Waals surface area contributed by atoms with Crippen molar-refractivity contribution in [1.29, 1.82) is 0 Å². The second-order valence-electron chi connectivity index (χ2n) is 9.56. The average molecular weight is 538 g/mol. The second-order valence-corrected chi connectivity index (χ2v) is 9.95. The summed E-state index contributed by atoms with van der Waals surface area (Å²) in [6, 6.07) is 7.28. The Morgan fingerprint density at radius 2 is 1.97 bits per heavy atom. The first-order valence-electron chi connectivity index (χ1n) is 13.0. The molecule has 0 amide bonds. The molecular formula is C28H33ClFN7O. The zero-order chi connectivity index (χ0) is 26.5. The standard InChI is InChI=1S/C28H33ClFN7O/c1-3-25(38-2)24(36-18-26(29)32-19-36)7-6-13-31-28-33-27-23(20-8-10-21(30)11-9-20)17-22(12-16-37(27)34-28)35-14-4-5-15-35/h3,6-11,13,18-19,22-23H,4-5,12,14-17H2,1-2H3,(H,31,34)/b13-6+,24-7+,25-3+. The number of ether oxygens (including phenoxy) is 1. The third kappa shape index (κ3) is 5.84. The summed E-state index contributed by atoms with van der Waals surface area (Å²) in [5.41, 5.74) is 1.85. The maximum atomic E-state index is 13.7. The summed E-state index contributed by atoms with van der Waals surface area (Å²) < 4.78 is 23.0. The van der Waals surface area contributed by atoms with Crippen molar-refractivity contribution in [1.82, 2.24) is 29.2 Å². The van der Waals surface area contributed by atoms with Gasteiger partial charge in [-0.15, -0.1) is 5.10 Å². The lowest BCUT2D eigenvalue weighted by Gasteiger charge is -2.28. The number of aryl methyl sites for hydroxylation is 1. The van der Waals surface area contributed by atoms with Crippen LogP contribution in [-0.4, -0.2) is 55.5 Å². The van der Waals surface area contributed by atoms with Gasteiger partial charge in [0, 0.05) is 30.9 Å². The number of hydrogen-bond donors (Lipinski definition) is 1. The molecule has 8 nitrogen and oxygen atoms in total. The lowest BCUT2D eigenvalue weighted by molar-refractivity contribution is 0.213. The van der Waals surface area contributed by atoms with Crippen molar-refractivity contribution < 1.29 is 9.13 Å². The number of anilines is 1.